The van der Waals surface area contributed by atoms with Crippen molar-refractivity contribution >= 4 is 35.8 Å². The number of carbonyl (C=O) groups is 1. The molecular formula is C22H31IN4O. The maximum atomic E-state index is 12.0. The average Bonchev–Trinajstić information content (AvgIpc) is 2.72. The van der Waals surface area contributed by atoms with Gasteiger partial charge in [-0.1, -0.05) is 48.5 Å². The highest BCUT2D eigenvalue weighted by Crippen LogP contribution is 2.04. The van der Waals surface area contributed by atoms with Crippen LogP contribution in [-0.2, 0) is 6.42 Å². The van der Waals surface area contributed by atoms with Crippen LogP contribution in [0.1, 0.15) is 35.7 Å². The maximum absolute atomic E-state index is 12.0. The molecule has 0 bridgehead atoms. The van der Waals surface area contributed by atoms with Crippen molar-refractivity contribution in [2.45, 2.75) is 32.2 Å². The molecule has 3 N–H and O–H groups in total. The SMILES string of the molecule is CN=C(NCCCNC(=O)c1ccccc1)NC(C)CCc1ccccc1.I. The molecule has 1 unspecified atom stereocenters. The van der Waals surface area contributed by atoms with Gasteiger partial charge in [0.2, 0.25) is 0 Å². The van der Waals surface area contributed by atoms with Crippen LogP contribution in [0.4, 0.5) is 0 Å². The summed E-state index contributed by atoms with van der Waals surface area (Å²) >= 11 is 0. The zero-order valence-electron chi connectivity index (χ0n) is 16.7. The summed E-state index contributed by atoms with van der Waals surface area (Å²) in [6.07, 6.45) is 2.91. The monoisotopic (exact) mass is 494 g/mol. The Balaban J connectivity index is 0.00000392. The first kappa shape index (κ1) is 23.9. The molecule has 0 aliphatic rings. The molecule has 0 saturated heterocycles. The second-order valence-corrected chi connectivity index (χ2v) is 6.54. The molecule has 28 heavy (non-hydrogen) atoms. The number of halogens is 1. The first-order valence-electron chi connectivity index (χ1n) is 9.53. The third-order valence-corrected chi connectivity index (χ3v) is 4.28. The van der Waals surface area contributed by atoms with E-state index >= 15 is 0 Å². The fourth-order valence-corrected chi connectivity index (χ4v) is 2.72. The second-order valence-electron chi connectivity index (χ2n) is 6.54. The van der Waals surface area contributed by atoms with Gasteiger partial charge in [0.1, 0.15) is 0 Å². The number of amides is 1. The summed E-state index contributed by atoms with van der Waals surface area (Å²) in [4.78, 5) is 16.2. The molecule has 6 heteroatoms. The van der Waals surface area contributed by atoms with E-state index in [9.17, 15) is 4.79 Å². The van der Waals surface area contributed by atoms with E-state index in [2.05, 4.69) is 52.1 Å². The zero-order valence-corrected chi connectivity index (χ0v) is 19.0. The van der Waals surface area contributed by atoms with Crippen LogP contribution in [0.3, 0.4) is 0 Å². The molecule has 0 heterocycles. The molecule has 0 aliphatic heterocycles. The van der Waals surface area contributed by atoms with E-state index in [0.717, 1.165) is 31.8 Å². The predicted octanol–water partition coefficient (Wildman–Crippen LogP) is 3.61. The summed E-state index contributed by atoms with van der Waals surface area (Å²) in [7, 11) is 1.77. The quantitative estimate of drug-likeness (QED) is 0.216. The Hall–Kier alpha value is -2.09. The van der Waals surface area contributed by atoms with Crippen LogP contribution in [0.5, 0.6) is 0 Å². The molecule has 0 aliphatic carbocycles. The number of rotatable bonds is 9. The first-order valence-corrected chi connectivity index (χ1v) is 9.53. The summed E-state index contributed by atoms with van der Waals surface area (Å²) in [6, 6.07) is 20.1. The van der Waals surface area contributed by atoms with Gasteiger partial charge in [0, 0.05) is 31.7 Å². The summed E-state index contributed by atoms with van der Waals surface area (Å²) in [5, 5.41) is 9.64. The van der Waals surface area contributed by atoms with Gasteiger partial charge in [0.25, 0.3) is 5.91 Å². The Morgan fingerprint density at radius 1 is 0.964 bits per heavy atom. The minimum Gasteiger partial charge on any atom is -0.356 e. The fourth-order valence-electron chi connectivity index (χ4n) is 2.72. The molecule has 0 fully saturated rings. The molecular weight excluding hydrogens is 463 g/mol. The molecule has 0 saturated carbocycles. The molecule has 1 atom stereocenters. The van der Waals surface area contributed by atoms with Crippen molar-refractivity contribution in [3.8, 4) is 0 Å². The number of guanidine groups is 1. The normalized spacial score (nSPS) is 11.9. The molecule has 2 aromatic carbocycles. The Kier molecular flexibility index (Phi) is 12.0. The molecule has 2 rings (SSSR count). The van der Waals surface area contributed by atoms with Crippen molar-refractivity contribution in [3.63, 3.8) is 0 Å². The number of aliphatic imine (C=N–C) groups is 1. The van der Waals surface area contributed by atoms with Gasteiger partial charge < -0.3 is 16.0 Å². The molecule has 0 radical (unpaired) electrons. The molecule has 5 nitrogen and oxygen atoms in total. The van der Waals surface area contributed by atoms with Crippen LogP contribution in [0, 0.1) is 0 Å². The van der Waals surface area contributed by atoms with Gasteiger partial charge in [-0.05, 0) is 43.9 Å². The maximum Gasteiger partial charge on any atom is 0.251 e. The third-order valence-electron chi connectivity index (χ3n) is 4.28. The van der Waals surface area contributed by atoms with E-state index in [1.165, 1.54) is 5.56 Å². The van der Waals surface area contributed by atoms with E-state index in [0.29, 0.717) is 18.2 Å². The van der Waals surface area contributed by atoms with Crippen LogP contribution < -0.4 is 16.0 Å². The van der Waals surface area contributed by atoms with Crippen LogP contribution in [0.15, 0.2) is 65.7 Å². The van der Waals surface area contributed by atoms with Gasteiger partial charge in [0.05, 0.1) is 0 Å². The second kappa shape index (κ2) is 14.0. The predicted molar refractivity (Wildman–Crippen MR) is 128 cm³/mol. The zero-order chi connectivity index (χ0) is 19.3. The molecule has 1 amide bonds. The highest BCUT2D eigenvalue weighted by molar-refractivity contribution is 14.0. The largest absolute Gasteiger partial charge is 0.356 e. The van der Waals surface area contributed by atoms with Crippen LogP contribution in [-0.4, -0.2) is 38.0 Å². The number of hydrogen-bond donors (Lipinski definition) is 3. The highest BCUT2D eigenvalue weighted by Gasteiger charge is 2.06. The number of nitrogens with zero attached hydrogens (tertiary/aromatic N) is 1. The van der Waals surface area contributed by atoms with Crippen LogP contribution >= 0.6 is 24.0 Å². The van der Waals surface area contributed by atoms with Crippen molar-refractivity contribution in [1.82, 2.24) is 16.0 Å². The van der Waals surface area contributed by atoms with Crippen molar-refractivity contribution in [1.29, 1.82) is 0 Å². The standard InChI is InChI=1S/C22H30N4O.HI/c1-18(14-15-19-10-5-3-6-11-19)26-22(23-2)25-17-9-16-24-21(27)20-12-7-4-8-13-20;/h3-8,10-13,18H,9,14-17H2,1-2H3,(H,24,27)(H2,23,25,26);1H. The third kappa shape index (κ3) is 9.21. The van der Waals surface area contributed by atoms with Gasteiger partial charge in [0.15, 0.2) is 5.96 Å². The van der Waals surface area contributed by atoms with E-state index in [1.54, 1.807) is 7.05 Å². The summed E-state index contributed by atoms with van der Waals surface area (Å²) in [6.45, 7) is 3.54. The van der Waals surface area contributed by atoms with Gasteiger partial charge >= 0.3 is 0 Å². The van der Waals surface area contributed by atoms with Crippen LogP contribution in [0.25, 0.3) is 0 Å². The lowest BCUT2D eigenvalue weighted by atomic mass is 10.1. The van der Waals surface area contributed by atoms with Gasteiger partial charge in [-0.2, -0.15) is 0 Å². The number of carbonyl (C=O) groups excluding carboxylic acids is 1. The van der Waals surface area contributed by atoms with E-state index in [4.69, 9.17) is 0 Å². The average molecular weight is 494 g/mol. The highest BCUT2D eigenvalue weighted by atomic mass is 127. The molecule has 2 aromatic rings. The van der Waals surface area contributed by atoms with Crippen molar-refractivity contribution < 1.29 is 4.79 Å². The summed E-state index contributed by atoms with van der Waals surface area (Å²) < 4.78 is 0. The molecule has 0 aromatic heterocycles. The number of hydrogen-bond acceptors (Lipinski definition) is 2. The van der Waals surface area contributed by atoms with E-state index in [1.807, 2.05) is 36.4 Å². The number of nitrogens with one attached hydrogen (secondary N) is 3. The fraction of sp³-hybridized carbons (Fsp3) is 0.364. The summed E-state index contributed by atoms with van der Waals surface area (Å²) in [5.41, 5.74) is 2.04. The van der Waals surface area contributed by atoms with Gasteiger partial charge in [-0.3, -0.25) is 9.79 Å². The van der Waals surface area contributed by atoms with E-state index < -0.39 is 0 Å². The Bertz CT molecular complexity index is 707. The first-order chi connectivity index (χ1) is 13.2. The lowest BCUT2D eigenvalue weighted by molar-refractivity contribution is 0.0953. The van der Waals surface area contributed by atoms with Gasteiger partial charge in [-0.15, -0.1) is 24.0 Å². The minimum absolute atomic E-state index is 0. The number of aryl methyl sites for hydroxylation is 1. The Morgan fingerprint density at radius 3 is 2.21 bits per heavy atom. The lowest BCUT2D eigenvalue weighted by Crippen LogP contribution is -2.43. The van der Waals surface area contributed by atoms with Crippen molar-refractivity contribution in [2.75, 3.05) is 20.1 Å². The van der Waals surface area contributed by atoms with Crippen molar-refractivity contribution in [2.24, 2.45) is 4.99 Å². The smallest absolute Gasteiger partial charge is 0.251 e. The van der Waals surface area contributed by atoms with E-state index in [-0.39, 0.29) is 29.9 Å². The molecule has 0 spiro atoms. The van der Waals surface area contributed by atoms with Crippen LogP contribution in [0.2, 0.25) is 0 Å². The lowest BCUT2D eigenvalue weighted by Gasteiger charge is -2.18. The minimum atomic E-state index is -0.0346. The number of benzene rings is 2. The Labute approximate surface area is 185 Å². The van der Waals surface area contributed by atoms with Gasteiger partial charge in [-0.25, -0.2) is 0 Å². The topological polar surface area (TPSA) is 65.5 Å². The Morgan fingerprint density at radius 2 is 1.57 bits per heavy atom. The summed E-state index contributed by atoms with van der Waals surface area (Å²) in [5.74, 6) is 0.762. The van der Waals surface area contributed by atoms with Crippen molar-refractivity contribution in [3.05, 3.63) is 71.8 Å². The molecule has 152 valence electrons.